The van der Waals surface area contributed by atoms with Gasteiger partial charge in [-0.1, -0.05) is 6.58 Å². The molecule has 0 atom stereocenters. The maximum Gasteiger partial charge on any atom is 0.144 e. The van der Waals surface area contributed by atoms with Gasteiger partial charge in [0.15, 0.2) is 0 Å². The van der Waals surface area contributed by atoms with Crippen molar-refractivity contribution < 1.29 is 0 Å². The highest BCUT2D eigenvalue weighted by molar-refractivity contribution is 8.02. The fraction of sp³-hybridized carbons (Fsp3) is 0.308. The third-order valence-corrected chi connectivity index (χ3v) is 3.20. The molecule has 1 rings (SSSR count). The number of rotatable bonds is 3. The first kappa shape index (κ1) is 15.1. The molecule has 1 heterocycles. The number of allylic oxidation sites excluding steroid dienone is 1. The largest absolute Gasteiger partial charge is 0.402 e. The Labute approximate surface area is 117 Å². The van der Waals surface area contributed by atoms with E-state index in [9.17, 15) is 0 Å². The number of amidine groups is 2. The molecule has 0 aliphatic carbocycles. The minimum Gasteiger partial charge on any atom is -0.402 e. The van der Waals surface area contributed by atoms with Crippen molar-refractivity contribution >= 4 is 23.4 Å². The highest BCUT2D eigenvalue weighted by atomic mass is 32.2. The molecule has 3 N–H and O–H groups in total. The highest BCUT2D eigenvalue weighted by Gasteiger charge is 2.27. The van der Waals surface area contributed by atoms with Crippen LogP contribution in [0.4, 0.5) is 0 Å². The lowest BCUT2D eigenvalue weighted by Crippen LogP contribution is -2.41. The predicted molar refractivity (Wildman–Crippen MR) is 80.8 cm³/mol. The summed E-state index contributed by atoms with van der Waals surface area (Å²) in [5.41, 5.74) is 7.38. The van der Waals surface area contributed by atoms with Crippen molar-refractivity contribution in [3.05, 3.63) is 34.5 Å². The first-order chi connectivity index (χ1) is 8.96. The van der Waals surface area contributed by atoms with Crippen LogP contribution in [-0.2, 0) is 0 Å². The number of hydrogen-bond acceptors (Lipinski definition) is 5. The standard InChI is InChI=1S/C13H17N5S/c1-5-18-12(16)10(7-14)6-11(8(2)15)13(18)17-9(3)19-4/h6,16H,3,5,15H2,1-2,4H3/b11-8-,16-12?,17-13+. The van der Waals surface area contributed by atoms with Crippen LogP contribution < -0.4 is 5.73 Å². The van der Waals surface area contributed by atoms with Crippen molar-refractivity contribution in [1.82, 2.24) is 4.90 Å². The van der Waals surface area contributed by atoms with Crippen LogP contribution in [0.15, 0.2) is 39.5 Å². The molecule has 0 spiro atoms. The molecule has 0 saturated carbocycles. The van der Waals surface area contributed by atoms with Crippen molar-refractivity contribution in [3.8, 4) is 6.07 Å². The maximum atomic E-state index is 9.08. The summed E-state index contributed by atoms with van der Waals surface area (Å²) < 4.78 is 0. The molecule has 0 aromatic rings. The van der Waals surface area contributed by atoms with Crippen LogP contribution >= 0.6 is 11.8 Å². The minimum atomic E-state index is 0.141. The average molecular weight is 275 g/mol. The van der Waals surface area contributed by atoms with E-state index in [1.165, 1.54) is 11.8 Å². The fourth-order valence-corrected chi connectivity index (χ4v) is 1.82. The number of nitriles is 1. The molecule has 0 amide bonds. The van der Waals surface area contributed by atoms with Crippen LogP contribution in [0.3, 0.4) is 0 Å². The third kappa shape index (κ3) is 3.06. The Balaban J connectivity index is 3.49. The molecule has 0 radical (unpaired) electrons. The van der Waals surface area contributed by atoms with Gasteiger partial charge in [0, 0.05) is 17.8 Å². The molecule has 0 aromatic heterocycles. The molecule has 6 heteroatoms. The van der Waals surface area contributed by atoms with Crippen molar-refractivity contribution in [2.75, 3.05) is 12.8 Å². The second kappa shape index (κ2) is 6.25. The van der Waals surface area contributed by atoms with Crippen molar-refractivity contribution in [2.24, 2.45) is 10.7 Å². The van der Waals surface area contributed by atoms with Gasteiger partial charge in [-0.15, -0.1) is 11.8 Å². The zero-order valence-electron chi connectivity index (χ0n) is 11.3. The summed E-state index contributed by atoms with van der Waals surface area (Å²) in [5, 5.41) is 17.7. The Morgan fingerprint density at radius 1 is 1.68 bits per heavy atom. The third-order valence-electron chi connectivity index (χ3n) is 2.64. The molecule has 1 aliphatic heterocycles. The van der Waals surface area contributed by atoms with E-state index in [1.807, 2.05) is 19.2 Å². The fourth-order valence-electron chi connectivity index (χ4n) is 1.64. The number of aliphatic imine (C=N–C) groups is 1. The molecule has 0 unspecified atom stereocenters. The molecular formula is C13H17N5S. The quantitative estimate of drug-likeness (QED) is 0.826. The van der Waals surface area contributed by atoms with Crippen LogP contribution in [0.2, 0.25) is 0 Å². The van der Waals surface area contributed by atoms with Crippen molar-refractivity contribution in [1.29, 1.82) is 10.7 Å². The second-order valence-corrected chi connectivity index (χ2v) is 4.77. The van der Waals surface area contributed by atoms with Crippen molar-refractivity contribution in [3.63, 3.8) is 0 Å². The van der Waals surface area contributed by atoms with Gasteiger partial charge >= 0.3 is 0 Å². The zero-order chi connectivity index (χ0) is 14.6. The number of nitrogens with one attached hydrogen (secondary N) is 1. The van der Waals surface area contributed by atoms with Gasteiger partial charge < -0.3 is 10.6 Å². The lowest BCUT2D eigenvalue weighted by Gasteiger charge is -2.30. The van der Waals surface area contributed by atoms with E-state index >= 15 is 0 Å². The van der Waals surface area contributed by atoms with E-state index < -0.39 is 0 Å². The van der Waals surface area contributed by atoms with Crippen molar-refractivity contribution in [2.45, 2.75) is 13.8 Å². The van der Waals surface area contributed by atoms with Gasteiger partial charge in [-0.25, -0.2) is 4.99 Å². The monoisotopic (exact) mass is 275 g/mol. The van der Waals surface area contributed by atoms with Gasteiger partial charge in [-0.3, -0.25) is 5.41 Å². The lowest BCUT2D eigenvalue weighted by atomic mass is 10.0. The van der Waals surface area contributed by atoms with Crippen LogP contribution in [0.25, 0.3) is 0 Å². The number of hydrogen-bond donors (Lipinski definition) is 2. The Morgan fingerprint density at radius 2 is 2.32 bits per heavy atom. The number of nitrogens with two attached hydrogens (primary N) is 1. The van der Waals surface area contributed by atoms with E-state index in [4.69, 9.17) is 16.4 Å². The first-order valence-electron chi connectivity index (χ1n) is 5.72. The molecule has 5 nitrogen and oxygen atoms in total. The molecule has 0 bridgehead atoms. The average Bonchev–Trinajstić information content (AvgIpc) is 2.38. The van der Waals surface area contributed by atoms with Gasteiger partial charge in [-0.05, 0) is 26.2 Å². The van der Waals surface area contributed by atoms with E-state index in [2.05, 4.69) is 11.6 Å². The summed E-state index contributed by atoms with van der Waals surface area (Å²) in [5.74, 6) is 0.716. The summed E-state index contributed by atoms with van der Waals surface area (Å²) in [4.78, 5) is 6.07. The maximum absolute atomic E-state index is 9.08. The molecule has 100 valence electrons. The Bertz CT molecular complexity index is 544. The summed E-state index contributed by atoms with van der Waals surface area (Å²) in [6.45, 7) is 8.01. The normalized spacial score (nSPS) is 20.1. The topological polar surface area (TPSA) is 89.3 Å². The molecule has 0 fully saturated rings. The number of nitrogens with zero attached hydrogens (tertiary/aromatic N) is 3. The Hall–Kier alpha value is -2.00. The summed E-state index contributed by atoms with van der Waals surface area (Å²) >= 11 is 1.42. The summed E-state index contributed by atoms with van der Waals surface area (Å²) in [6, 6.07) is 2.01. The number of likely N-dealkylation sites (N-methyl/N-ethyl adjacent to an activating group) is 1. The predicted octanol–water partition coefficient (Wildman–Crippen LogP) is 2.21. The zero-order valence-corrected chi connectivity index (χ0v) is 12.1. The van der Waals surface area contributed by atoms with Gasteiger partial charge in [-0.2, -0.15) is 5.26 Å². The SMILES string of the molecule is C=C(/N=C1\C(=C(\C)N)C=C(C#N)C(=N)N1CC)SC. The molecule has 0 saturated heterocycles. The molecule has 1 aliphatic rings. The smallest absolute Gasteiger partial charge is 0.144 e. The van der Waals surface area contributed by atoms with Crippen LogP contribution in [0.5, 0.6) is 0 Å². The van der Waals surface area contributed by atoms with E-state index in [1.54, 1.807) is 17.9 Å². The lowest BCUT2D eigenvalue weighted by molar-refractivity contribution is 0.635. The Kier molecular flexibility index (Phi) is 4.95. The van der Waals surface area contributed by atoms with Gasteiger partial charge in [0.1, 0.15) is 17.7 Å². The van der Waals surface area contributed by atoms with Gasteiger partial charge in [0.05, 0.1) is 10.6 Å². The summed E-state index contributed by atoms with van der Waals surface area (Å²) in [7, 11) is 0. The first-order valence-corrected chi connectivity index (χ1v) is 6.95. The van der Waals surface area contributed by atoms with E-state index in [-0.39, 0.29) is 11.4 Å². The van der Waals surface area contributed by atoms with Crippen LogP contribution in [0.1, 0.15) is 13.8 Å². The van der Waals surface area contributed by atoms with Gasteiger partial charge in [0.25, 0.3) is 0 Å². The van der Waals surface area contributed by atoms with Crippen LogP contribution in [-0.4, -0.2) is 29.4 Å². The minimum absolute atomic E-state index is 0.141. The second-order valence-electron chi connectivity index (χ2n) is 3.89. The van der Waals surface area contributed by atoms with Gasteiger partial charge in [0.2, 0.25) is 0 Å². The highest BCUT2D eigenvalue weighted by Crippen LogP contribution is 2.23. The molecular weight excluding hydrogens is 258 g/mol. The van der Waals surface area contributed by atoms with E-state index in [0.29, 0.717) is 28.7 Å². The summed E-state index contributed by atoms with van der Waals surface area (Å²) in [6.07, 6.45) is 3.49. The van der Waals surface area contributed by atoms with Crippen LogP contribution in [0, 0.1) is 16.7 Å². The molecule has 0 aromatic carbocycles. The number of thioether (sulfide) groups is 1. The molecule has 19 heavy (non-hydrogen) atoms. The Morgan fingerprint density at radius 3 is 2.74 bits per heavy atom. The van der Waals surface area contributed by atoms with E-state index in [0.717, 1.165) is 0 Å².